The first-order valence-corrected chi connectivity index (χ1v) is 12.7. The van der Waals surface area contributed by atoms with Crippen molar-refractivity contribution in [3.8, 4) is 22.8 Å². The smallest absolute Gasteiger partial charge is 0.231 e. The molecule has 0 atom stereocenters. The average molecular weight is 472 g/mol. The standard InChI is InChI=1S/C33H31N2O/c1-19(2)27-26-11-9-8-10-24(26)20(3)28-30-29-22(14-15-35(30)7)17-23-16-21(18-33(4,5)34-6)12-13-25(23)31(29)36-32(27)28/h8-17,19H,18H2,1-5,7H3/q+1. The van der Waals surface area contributed by atoms with E-state index >= 15 is 0 Å². The largest absolute Gasteiger partial charge is 0.455 e. The number of aryl methyl sites for hydroxylation is 2. The number of hydrogen-bond donors (Lipinski definition) is 0. The van der Waals surface area contributed by atoms with Crippen LogP contribution in [0.3, 0.4) is 0 Å². The van der Waals surface area contributed by atoms with Crippen molar-refractivity contribution in [1.82, 2.24) is 0 Å². The van der Waals surface area contributed by atoms with Crippen LogP contribution in [0.15, 0.2) is 60.8 Å². The Bertz CT molecular complexity index is 1770. The molecule has 2 heterocycles. The second kappa shape index (κ2) is 7.80. The van der Waals surface area contributed by atoms with E-state index in [4.69, 9.17) is 11.3 Å². The molecule has 0 spiro atoms. The first kappa shape index (κ1) is 22.6. The first-order valence-electron chi connectivity index (χ1n) is 12.7. The number of fused-ring (bicyclic) bond motifs is 5. The number of ether oxygens (including phenoxy) is 1. The van der Waals surface area contributed by atoms with Crippen LogP contribution in [0.25, 0.3) is 48.4 Å². The molecule has 1 aliphatic heterocycles. The summed E-state index contributed by atoms with van der Waals surface area (Å²) < 4.78 is 9.25. The van der Waals surface area contributed by atoms with Crippen LogP contribution in [0.2, 0.25) is 0 Å². The molecule has 178 valence electrons. The molecule has 0 aliphatic carbocycles. The third kappa shape index (κ3) is 3.21. The molecule has 0 saturated carbocycles. The third-order valence-corrected chi connectivity index (χ3v) is 7.68. The van der Waals surface area contributed by atoms with Gasteiger partial charge in [-0.15, -0.1) is 0 Å². The van der Waals surface area contributed by atoms with Crippen LogP contribution >= 0.6 is 0 Å². The molecule has 1 aliphatic rings. The van der Waals surface area contributed by atoms with E-state index in [2.05, 4.69) is 98.0 Å². The predicted molar refractivity (Wildman–Crippen MR) is 149 cm³/mol. The van der Waals surface area contributed by atoms with Gasteiger partial charge in [0.25, 0.3) is 0 Å². The molecule has 0 N–H and O–H groups in total. The van der Waals surface area contributed by atoms with Crippen molar-refractivity contribution in [3.63, 3.8) is 0 Å². The van der Waals surface area contributed by atoms with Crippen molar-refractivity contribution < 1.29 is 9.30 Å². The zero-order valence-corrected chi connectivity index (χ0v) is 21.9. The molecule has 0 radical (unpaired) electrons. The molecular weight excluding hydrogens is 440 g/mol. The molecule has 1 aromatic heterocycles. The highest BCUT2D eigenvalue weighted by Crippen LogP contribution is 2.54. The van der Waals surface area contributed by atoms with Crippen LogP contribution in [0.5, 0.6) is 11.5 Å². The number of nitrogens with zero attached hydrogens (tertiary/aromatic N) is 2. The van der Waals surface area contributed by atoms with Crippen LogP contribution in [0.4, 0.5) is 0 Å². The van der Waals surface area contributed by atoms with Crippen LogP contribution in [-0.4, -0.2) is 5.54 Å². The Hall–Kier alpha value is -3.90. The van der Waals surface area contributed by atoms with Crippen LogP contribution in [0.1, 0.15) is 50.3 Å². The summed E-state index contributed by atoms with van der Waals surface area (Å²) in [6.07, 6.45) is 2.89. The topological polar surface area (TPSA) is 17.5 Å². The van der Waals surface area contributed by atoms with E-state index in [1.807, 2.05) is 13.8 Å². The van der Waals surface area contributed by atoms with Gasteiger partial charge in [-0.05, 0) is 51.6 Å². The molecule has 3 heteroatoms. The molecule has 4 aromatic carbocycles. The molecule has 0 fully saturated rings. The summed E-state index contributed by atoms with van der Waals surface area (Å²) in [4.78, 5) is 3.82. The minimum atomic E-state index is -0.417. The fraction of sp³-hybridized carbons (Fsp3) is 0.273. The van der Waals surface area contributed by atoms with Crippen molar-refractivity contribution in [1.29, 1.82) is 0 Å². The quantitative estimate of drug-likeness (QED) is 0.144. The summed E-state index contributed by atoms with van der Waals surface area (Å²) in [5.74, 6) is 2.24. The zero-order valence-electron chi connectivity index (χ0n) is 21.9. The lowest BCUT2D eigenvalue weighted by Gasteiger charge is -2.27. The minimum absolute atomic E-state index is 0.313. The lowest BCUT2D eigenvalue weighted by atomic mass is 9.84. The Morgan fingerprint density at radius 1 is 0.944 bits per heavy atom. The van der Waals surface area contributed by atoms with Gasteiger partial charge in [-0.2, -0.15) is 0 Å². The van der Waals surface area contributed by atoms with E-state index in [9.17, 15) is 0 Å². The van der Waals surface area contributed by atoms with E-state index < -0.39 is 5.54 Å². The van der Waals surface area contributed by atoms with Crippen LogP contribution in [-0.2, 0) is 13.5 Å². The molecule has 3 nitrogen and oxygen atoms in total. The highest BCUT2D eigenvalue weighted by Gasteiger charge is 2.34. The number of rotatable bonds is 3. The Morgan fingerprint density at radius 3 is 2.42 bits per heavy atom. The number of pyridine rings is 1. The van der Waals surface area contributed by atoms with E-state index in [-0.39, 0.29) is 0 Å². The maximum atomic E-state index is 7.54. The van der Waals surface area contributed by atoms with Crippen LogP contribution < -0.4 is 9.30 Å². The van der Waals surface area contributed by atoms with Gasteiger partial charge in [-0.25, -0.2) is 11.1 Å². The van der Waals surface area contributed by atoms with Gasteiger partial charge in [0.2, 0.25) is 11.2 Å². The van der Waals surface area contributed by atoms with E-state index in [0.29, 0.717) is 5.92 Å². The second-order valence-electron chi connectivity index (χ2n) is 11.1. The fourth-order valence-electron chi connectivity index (χ4n) is 5.99. The van der Waals surface area contributed by atoms with Gasteiger partial charge in [-0.1, -0.05) is 56.3 Å². The second-order valence-corrected chi connectivity index (χ2v) is 11.1. The van der Waals surface area contributed by atoms with Gasteiger partial charge in [0.15, 0.2) is 6.20 Å². The highest BCUT2D eigenvalue weighted by molar-refractivity contribution is 6.13. The summed E-state index contributed by atoms with van der Waals surface area (Å²) >= 11 is 0. The van der Waals surface area contributed by atoms with Crippen molar-refractivity contribution in [2.45, 2.75) is 52.5 Å². The molecule has 0 amide bonds. The Balaban J connectivity index is 1.72. The predicted octanol–water partition coefficient (Wildman–Crippen LogP) is 8.42. The molecule has 36 heavy (non-hydrogen) atoms. The average Bonchev–Trinajstić information content (AvgIpc) is 2.85. The summed E-state index contributed by atoms with van der Waals surface area (Å²) in [5, 5.41) is 7.18. The monoisotopic (exact) mass is 471 g/mol. The Labute approximate surface area is 212 Å². The Kier molecular flexibility index (Phi) is 4.89. The normalized spacial score (nSPS) is 12.7. The van der Waals surface area contributed by atoms with Gasteiger partial charge in [0.1, 0.15) is 18.5 Å². The van der Waals surface area contributed by atoms with E-state index in [0.717, 1.165) is 28.7 Å². The number of hydrogen-bond acceptors (Lipinski definition) is 1. The van der Waals surface area contributed by atoms with E-state index in [1.54, 1.807) is 0 Å². The molecule has 0 bridgehead atoms. The summed E-state index contributed by atoms with van der Waals surface area (Å²) in [7, 11) is 2.14. The van der Waals surface area contributed by atoms with Gasteiger partial charge in [0, 0.05) is 30.9 Å². The summed E-state index contributed by atoms with van der Waals surface area (Å²) in [5.41, 5.74) is 5.70. The minimum Gasteiger partial charge on any atom is -0.455 e. The van der Waals surface area contributed by atoms with Crippen molar-refractivity contribution in [2.24, 2.45) is 7.05 Å². The lowest BCUT2D eigenvalue weighted by molar-refractivity contribution is -0.659. The van der Waals surface area contributed by atoms with Gasteiger partial charge in [0.05, 0.1) is 17.4 Å². The highest BCUT2D eigenvalue weighted by atomic mass is 16.5. The van der Waals surface area contributed by atoms with Crippen molar-refractivity contribution in [3.05, 3.63) is 88.9 Å². The fourth-order valence-corrected chi connectivity index (χ4v) is 5.99. The third-order valence-electron chi connectivity index (χ3n) is 7.68. The van der Waals surface area contributed by atoms with Gasteiger partial charge >= 0.3 is 0 Å². The Morgan fingerprint density at radius 2 is 1.69 bits per heavy atom. The summed E-state index contributed by atoms with van der Waals surface area (Å²) in [6.45, 7) is 18.3. The zero-order chi connectivity index (χ0) is 25.4. The summed E-state index contributed by atoms with van der Waals surface area (Å²) in [6, 6.07) is 19.8. The molecular formula is C33H31N2O+. The molecule has 5 aromatic rings. The van der Waals surface area contributed by atoms with Crippen LogP contribution in [0, 0.1) is 13.5 Å². The van der Waals surface area contributed by atoms with E-state index in [1.165, 1.54) is 49.5 Å². The lowest BCUT2D eigenvalue weighted by Crippen LogP contribution is -2.32. The SMILES string of the molecule is [C-]#[N+]C(C)(C)Cc1ccc2c3c4c([n+](C)ccc4cc2c1)-c1c(c(C(C)C)c2ccccc2c1C)O3. The maximum Gasteiger partial charge on any atom is 0.231 e. The number of aromatic nitrogens is 1. The van der Waals surface area contributed by atoms with Crippen molar-refractivity contribution >= 4 is 32.3 Å². The van der Waals surface area contributed by atoms with Gasteiger partial charge < -0.3 is 9.58 Å². The van der Waals surface area contributed by atoms with Gasteiger partial charge in [-0.3, -0.25) is 0 Å². The number of benzene rings is 4. The van der Waals surface area contributed by atoms with Crippen molar-refractivity contribution in [2.75, 3.05) is 0 Å². The molecule has 6 rings (SSSR count). The maximum absolute atomic E-state index is 7.54. The molecule has 0 saturated heterocycles. The first-order chi connectivity index (χ1) is 17.2. The molecule has 0 unspecified atom stereocenters.